The number of pyridine rings is 1. The van der Waals surface area contributed by atoms with Gasteiger partial charge in [0.2, 0.25) is 5.88 Å². The Morgan fingerprint density at radius 2 is 1.90 bits per heavy atom. The van der Waals surface area contributed by atoms with E-state index in [0.29, 0.717) is 0 Å². The van der Waals surface area contributed by atoms with Crippen LogP contribution < -0.4 is 10.1 Å². The van der Waals surface area contributed by atoms with E-state index in [-0.39, 0.29) is 6.10 Å². The van der Waals surface area contributed by atoms with E-state index in [1.165, 1.54) is 11.1 Å². The molecule has 0 bridgehead atoms. The Labute approximate surface area is 126 Å². The molecule has 0 amide bonds. The molecule has 3 heteroatoms. The van der Waals surface area contributed by atoms with Gasteiger partial charge in [0.25, 0.3) is 0 Å². The molecule has 1 aliphatic rings. The number of nitrogens with zero attached hydrogens (tertiary/aromatic N) is 1. The predicted molar refractivity (Wildman–Crippen MR) is 85.6 cm³/mol. The molecule has 21 heavy (non-hydrogen) atoms. The number of ether oxygens (including phenoxy) is 1. The molecule has 110 valence electrons. The number of rotatable bonds is 4. The first-order chi connectivity index (χ1) is 10.4. The third-order valence-electron chi connectivity index (χ3n) is 3.97. The SMILES string of the molecule is CCc1ccccc1-c1cccc(OC2CCNCC2)n1. The van der Waals surface area contributed by atoms with Crippen molar-refractivity contribution in [1.82, 2.24) is 10.3 Å². The lowest BCUT2D eigenvalue weighted by molar-refractivity contribution is 0.156. The summed E-state index contributed by atoms with van der Waals surface area (Å²) in [5.74, 6) is 0.741. The fraction of sp³-hybridized carbons (Fsp3) is 0.389. The minimum atomic E-state index is 0.287. The van der Waals surface area contributed by atoms with Crippen molar-refractivity contribution in [3.05, 3.63) is 48.0 Å². The first-order valence-corrected chi connectivity index (χ1v) is 7.79. The first-order valence-electron chi connectivity index (χ1n) is 7.79. The minimum Gasteiger partial charge on any atom is -0.474 e. The largest absolute Gasteiger partial charge is 0.474 e. The highest BCUT2D eigenvalue weighted by atomic mass is 16.5. The molecule has 1 aromatic heterocycles. The van der Waals surface area contributed by atoms with Crippen LogP contribution in [-0.4, -0.2) is 24.2 Å². The third-order valence-corrected chi connectivity index (χ3v) is 3.97. The third kappa shape index (κ3) is 3.42. The molecule has 3 rings (SSSR count). The van der Waals surface area contributed by atoms with Crippen LogP contribution in [0.3, 0.4) is 0 Å². The minimum absolute atomic E-state index is 0.287. The number of nitrogens with one attached hydrogen (secondary N) is 1. The van der Waals surface area contributed by atoms with E-state index in [1.54, 1.807) is 0 Å². The van der Waals surface area contributed by atoms with Crippen molar-refractivity contribution in [2.45, 2.75) is 32.3 Å². The molecule has 1 fully saturated rings. The van der Waals surface area contributed by atoms with Crippen LogP contribution in [0.1, 0.15) is 25.3 Å². The van der Waals surface area contributed by atoms with Crippen molar-refractivity contribution in [3.8, 4) is 17.1 Å². The quantitative estimate of drug-likeness (QED) is 0.932. The van der Waals surface area contributed by atoms with Gasteiger partial charge < -0.3 is 10.1 Å². The zero-order valence-corrected chi connectivity index (χ0v) is 12.5. The number of piperidine rings is 1. The van der Waals surface area contributed by atoms with E-state index < -0.39 is 0 Å². The summed E-state index contributed by atoms with van der Waals surface area (Å²) in [4.78, 5) is 4.70. The maximum absolute atomic E-state index is 6.04. The van der Waals surface area contributed by atoms with Gasteiger partial charge in [-0.2, -0.15) is 0 Å². The van der Waals surface area contributed by atoms with Crippen molar-refractivity contribution in [3.63, 3.8) is 0 Å². The Morgan fingerprint density at radius 3 is 2.71 bits per heavy atom. The lowest BCUT2D eigenvalue weighted by Crippen LogP contribution is -2.34. The molecule has 1 aromatic carbocycles. The lowest BCUT2D eigenvalue weighted by atomic mass is 10.0. The van der Waals surface area contributed by atoms with Crippen molar-refractivity contribution in [2.24, 2.45) is 0 Å². The van der Waals surface area contributed by atoms with Crippen molar-refractivity contribution >= 4 is 0 Å². The highest BCUT2D eigenvalue weighted by Gasteiger charge is 2.15. The van der Waals surface area contributed by atoms with Gasteiger partial charge in [0, 0.05) is 11.6 Å². The molecule has 1 N–H and O–H groups in total. The van der Waals surface area contributed by atoms with Crippen LogP contribution in [0, 0.1) is 0 Å². The fourth-order valence-electron chi connectivity index (χ4n) is 2.79. The van der Waals surface area contributed by atoms with Gasteiger partial charge in [-0.25, -0.2) is 4.98 Å². The highest BCUT2D eigenvalue weighted by molar-refractivity contribution is 5.64. The molecule has 2 heterocycles. The van der Waals surface area contributed by atoms with Gasteiger partial charge in [0.05, 0.1) is 5.69 Å². The number of aryl methyl sites for hydroxylation is 1. The van der Waals surface area contributed by atoms with Gasteiger partial charge in [0.1, 0.15) is 6.10 Å². The van der Waals surface area contributed by atoms with Crippen LogP contribution in [0.25, 0.3) is 11.3 Å². The molecule has 0 atom stereocenters. The van der Waals surface area contributed by atoms with E-state index >= 15 is 0 Å². The van der Waals surface area contributed by atoms with E-state index in [4.69, 9.17) is 9.72 Å². The van der Waals surface area contributed by atoms with Crippen LogP contribution in [0.2, 0.25) is 0 Å². The summed E-state index contributed by atoms with van der Waals surface area (Å²) in [6.07, 6.45) is 3.40. The smallest absolute Gasteiger partial charge is 0.214 e. The summed E-state index contributed by atoms with van der Waals surface area (Å²) >= 11 is 0. The molecule has 0 unspecified atom stereocenters. The van der Waals surface area contributed by atoms with Crippen LogP contribution >= 0.6 is 0 Å². The Hall–Kier alpha value is -1.87. The lowest BCUT2D eigenvalue weighted by Gasteiger charge is -2.23. The average Bonchev–Trinajstić information content (AvgIpc) is 2.56. The molecule has 3 nitrogen and oxygen atoms in total. The van der Waals surface area contributed by atoms with Gasteiger partial charge in [-0.3, -0.25) is 0 Å². The average molecular weight is 282 g/mol. The second-order valence-corrected chi connectivity index (χ2v) is 5.44. The molecule has 1 saturated heterocycles. The standard InChI is InChI=1S/C18H22N2O/c1-2-14-6-3-4-7-16(14)17-8-5-9-18(20-17)21-15-10-12-19-13-11-15/h3-9,15,19H,2,10-13H2,1H3. The van der Waals surface area contributed by atoms with E-state index in [0.717, 1.165) is 43.9 Å². The zero-order chi connectivity index (χ0) is 14.5. The summed E-state index contributed by atoms with van der Waals surface area (Å²) in [6.45, 7) is 4.24. The van der Waals surface area contributed by atoms with Crippen LogP contribution in [-0.2, 0) is 6.42 Å². The topological polar surface area (TPSA) is 34.1 Å². The number of hydrogen-bond donors (Lipinski definition) is 1. The fourth-order valence-corrected chi connectivity index (χ4v) is 2.79. The normalized spacial score (nSPS) is 15.9. The second-order valence-electron chi connectivity index (χ2n) is 5.44. The monoisotopic (exact) mass is 282 g/mol. The van der Waals surface area contributed by atoms with Gasteiger partial charge in [-0.05, 0) is 44.0 Å². The molecule has 0 radical (unpaired) electrons. The van der Waals surface area contributed by atoms with Crippen LogP contribution in [0.4, 0.5) is 0 Å². The van der Waals surface area contributed by atoms with Crippen molar-refractivity contribution in [2.75, 3.05) is 13.1 Å². The zero-order valence-electron chi connectivity index (χ0n) is 12.5. The van der Waals surface area contributed by atoms with Gasteiger partial charge >= 0.3 is 0 Å². The van der Waals surface area contributed by atoms with Crippen LogP contribution in [0.5, 0.6) is 5.88 Å². The Bertz CT molecular complexity index is 591. The van der Waals surface area contributed by atoms with Crippen LogP contribution in [0.15, 0.2) is 42.5 Å². The maximum atomic E-state index is 6.04. The molecule has 2 aromatic rings. The molecule has 0 aliphatic carbocycles. The Morgan fingerprint density at radius 1 is 1.10 bits per heavy atom. The molecule has 1 aliphatic heterocycles. The summed E-state index contributed by atoms with van der Waals surface area (Å²) in [7, 11) is 0. The summed E-state index contributed by atoms with van der Waals surface area (Å²) in [5.41, 5.74) is 3.53. The summed E-state index contributed by atoms with van der Waals surface area (Å²) in [5, 5.41) is 3.35. The first kappa shape index (κ1) is 14.1. The highest BCUT2D eigenvalue weighted by Crippen LogP contribution is 2.25. The number of aromatic nitrogens is 1. The van der Waals surface area contributed by atoms with Gasteiger partial charge in [0.15, 0.2) is 0 Å². The van der Waals surface area contributed by atoms with Crippen molar-refractivity contribution in [1.29, 1.82) is 0 Å². The molecular formula is C18H22N2O. The van der Waals surface area contributed by atoms with E-state index in [9.17, 15) is 0 Å². The van der Waals surface area contributed by atoms with Crippen molar-refractivity contribution < 1.29 is 4.74 Å². The van der Waals surface area contributed by atoms with Gasteiger partial charge in [-0.1, -0.05) is 37.3 Å². The maximum Gasteiger partial charge on any atom is 0.214 e. The van der Waals surface area contributed by atoms with E-state index in [1.807, 2.05) is 12.1 Å². The predicted octanol–water partition coefficient (Wildman–Crippen LogP) is 3.44. The Kier molecular flexibility index (Phi) is 4.51. The molecular weight excluding hydrogens is 260 g/mol. The molecule has 0 saturated carbocycles. The summed E-state index contributed by atoms with van der Waals surface area (Å²) < 4.78 is 6.04. The van der Waals surface area contributed by atoms with E-state index in [2.05, 4.69) is 42.6 Å². The Balaban J connectivity index is 1.82. The second kappa shape index (κ2) is 6.72. The number of benzene rings is 1. The van der Waals surface area contributed by atoms with Gasteiger partial charge in [-0.15, -0.1) is 0 Å². The number of hydrogen-bond acceptors (Lipinski definition) is 3. The molecule has 0 spiro atoms. The summed E-state index contributed by atoms with van der Waals surface area (Å²) in [6, 6.07) is 14.5.